The molecule has 0 atom stereocenters. The summed E-state index contributed by atoms with van der Waals surface area (Å²) in [6, 6.07) is 0. The highest BCUT2D eigenvalue weighted by molar-refractivity contribution is 4.95. The molecule has 1 aliphatic carbocycles. The van der Waals surface area contributed by atoms with E-state index < -0.39 is 0 Å². The lowest BCUT2D eigenvalue weighted by Crippen LogP contribution is -2.55. The minimum atomic E-state index is 0.329. The molecule has 2 N–H and O–H groups in total. The molecule has 0 aromatic rings. The monoisotopic (exact) mass is 212 g/mol. The highest BCUT2D eigenvalue weighted by Crippen LogP contribution is 2.36. The van der Waals surface area contributed by atoms with Gasteiger partial charge in [-0.25, -0.2) is 0 Å². The first-order valence-electron chi connectivity index (χ1n) is 6.67. The molecule has 1 saturated carbocycles. The first-order valence-corrected chi connectivity index (χ1v) is 6.67. The molecular weight excluding hydrogens is 184 g/mol. The van der Waals surface area contributed by atoms with E-state index >= 15 is 0 Å². The van der Waals surface area contributed by atoms with Crippen LogP contribution in [-0.4, -0.2) is 30.1 Å². The van der Waals surface area contributed by atoms with Crippen LogP contribution >= 0.6 is 0 Å². The van der Waals surface area contributed by atoms with Gasteiger partial charge in [-0.3, -0.25) is 4.90 Å². The molecule has 0 aliphatic heterocycles. The van der Waals surface area contributed by atoms with E-state index in [-0.39, 0.29) is 0 Å². The molecular formula is C13H28N2. The van der Waals surface area contributed by atoms with Crippen molar-refractivity contribution in [2.45, 2.75) is 58.4 Å². The normalized spacial score (nSPS) is 32.2. The van der Waals surface area contributed by atoms with Gasteiger partial charge in [0, 0.05) is 12.1 Å². The number of rotatable bonds is 5. The van der Waals surface area contributed by atoms with Crippen molar-refractivity contribution in [1.82, 2.24) is 4.90 Å². The van der Waals surface area contributed by atoms with Gasteiger partial charge in [-0.1, -0.05) is 27.2 Å². The molecule has 0 unspecified atom stereocenters. The minimum Gasteiger partial charge on any atom is -0.329 e. The van der Waals surface area contributed by atoms with Crippen LogP contribution < -0.4 is 5.73 Å². The van der Waals surface area contributed by atoms with Crippen molar-refractivity contribution in [1.29, 1.82) is 0 Å². The summed E-state index contributed by atoms with van der Waals surface area (Å²) in [4.78, 5) is 2.58. The predicted octanol–water partition coefficient (Wildman–Crippen LogP) is 2.63. The molecule has 0 heterocycles. The number of hydrogen-bond acceptors (Lipinski definition) is 2. The maximum absolute atomic E-state index is 6.04. The van der Waals surface area contributed by atoms with Crippen LogP contribution in [0.15, 0.2) is 0 Å². The molecule has 1 fully saturated rings. The summed E-state index contributed by atoms with van der Waals surface area (Å²) < 4.78 is 0. The number of nitrogens with two attached hydrogens (primary N) is 1. The van der Waals surface area contributed by atoms with Crippen LogP contribution in [0.5, 0.6) is 0 Å². The summed E-state index contributed by atoms with van der Waals surface area (Å²) in [7, 11) is 0. The van der Waals surface area contributed by atoms with Crippen LogP contribution in [-0.2, 0) is 0 Å². The lowest BCUT2D eigenvalue weighted by molar-refractivity contribution is 0.0504. The van der Waals surface area contributed by atoms with Gasteiger partial charge in [0.2, 0.25) is 0 Å². The average Bonchev–Trinajstić information content (AvgIpc) is 2.31. The Kier molecular flexibility index (Phi) is 5.07. The average molecular weight is 212 g/mol. The highest BCUT2D eigenvalue weighted by Gasteiger charge is 2.37. The zero-order chi connectivity index (χ0) is 11.3. The second kappa shape index (κ2) is 5.86. The van der Waals surface area contributed by atoms with Crippen LogP contribution in [0, 0.1) is 5.92 Å². The second-order valence-corrected chi connectivity index (χ2v) is 4.95. The van der Waals surface area contributed by atoms with Crippen LogP contribution in [0.4, 0.5) is 0 Å². The lowest BCUT2D eigenvalue weighted by Gasteiger charge is -2.47. The van der Waals surface area contributed by atoms with Crippen LogP contribution in [0.3, 0.4) is 0 Å². The van der Waals surface area contributed by atoms with Crippen molar-refractivity contribution in [3.8, 4) is 0 Å². The molecule has 0 bridgehead atoms. The van der Waals surface area contributed by atoms with E-state index in [1.54, 1.807) is 0 Å². The lowest BCUT2D eigenvalue weighted by atomic mass is 9.74. The summed E-state index contributed by atoms with van der Waals surface area (Å²) in [5.41, 5.74) is 6.36. The Hall–Kier alpha value is -0.0800. The third-order valence-electron chi connectivity index (χ3n) is 4.43. The van der Waals surface area contributed by atoms with Crippen molar-refractivity contribution in [3.63, 3.8) is 0 Å². The van der Waals surface area contributed by atoms with Gasteiger partial charge >= 0.3 is 0 Å². The van der Waals surface area contributed by atoms with Gasteiger partial charge in [0.15, 0.2) is 0 Å². The van der Waals surface area contributed by atoms with Gasteiger partial charge in [0.05, 0.1) is 0 Å². The van der Waals surface area contributed by atoms with Crippen molar-refractivity contribution in [2.24, 2.45) is 11.7 Å². The number of likely N-dealkylation sites (N-methyl/N-ethyl adjacent to an activating group) is 1. The molecule has 2 nitrogen and oxygen atoms in total. The smallest absolute Gasteiger partial charge is 0.0331 e. The minimum absolute atomic E-state index is 0.329. The topological polar surface area (TPSA) is 29.3 Å². The Morgan fingerprint density at radius 3 is 2.00 bits per heavy atom. The maximum atomic E-state index is 6.04. The largest absolute Gasteiger partial charge is 0.329 e. The molecule has 1 rings (SSSR count). The first kappa shape index (κ1) is 13.0. The Morgan fingerprint density at radius 2 is 1.67 bits per heavy atom. The van der Waals surface area contributed by atoms with Gasteiger partial charge in [0.25, 0.3) is 0 Å². The summed E-state index contributed by atoms with van der Waals surface area (Å²) >= 11 is 0. The third kappa shape index (κ3) is 2.73. The Morgan fingerprint density at radius 1 is 1.13 bits per heavy atom. The highest BCUT2D eigenvalue weighted by atomic mass is 15.2. The van der Waals surface area contributed by atoms with E-state index in [9.17, 15) is 0 Å². The molecule has 90 valence electrons. The molecule has 0 amide bonds. The zero-order valence-corrected chi connectivity index (χ0v) is 10.8. The van der Waals surface area contributed by atoms with Gasteiger partial charge < -0.3 is 5.73 Å². The van der Waals surface area contributed by atoms with E-state index in [1.807, 2.05) is 0 Å². The van der Waals surface area contributed by atoms with Crippen LogP contribution in [0.2, 0.25) is 0 Å². The molecule has 0 aromatic carbocycles. The van der Waals surface area contributed by atoms with Crippen molar-refractivity contribution < 1.29 is 0 Å². The molecule has 1 aliphatic rings. The van der Waals surface area contributed by atoms with Crippen molar-refractivity contribution in [3.05, 3.63) is 0 Å². The summed E-state index contributed by atoms with van der Waals surface area (Å²) in [6.45, 7) is 9.96. The first-order chi connectivity index (χ1) is 7.22. The van der Waals surface area contributed by atoms with Crippen molar-refractivity contribution >= 4 is 0 Å². The summed E-state index contributed by atoms with van der Waals surface area (Å²) in [6.07, 6.45) is 6.72. The van der Waals surface area contributed by atoms with Crippen LogP contribution in [0.1, 0.15) is 52.9 Å². The fourth-order valence-corrected chi connectivity index (χ4v) is 3.17. The van der Waals surface area contributed by atoms with E-state index in [0.717, 1.165) is 25.6 Å². The SMILES string of the molecule is CCC1CCC(CN)(N(CC)CC)CC1. The van der Waals surface area contributed by atoms with Crippen molar-refractivity contribution in [2.75, 3.05) is 19.6 Å². The summed E-state index contributed by atoms with van der Waals surface area (Å²) in [5.74, 6) is 0.959. The van der Waals surface area contributed by atoms with E-state index in [1.165, 1.54) is 32.1 Å². The summed E-state index contributed by atoms with van der Waals surface area (Å²) in [5, 5.41) is 0. The van der Waals surface area contributed by atoms with Gasteiger partial charge in [-0.2, -0.15) is 0 Å². The van der Waals surface area contributed by atoms with Gasteiger partial charge in [-0.05, 0) is 44.7 Å². The predicted molar refractivity (Wildman–Crippen MR) is 67.0 cm³/mol. The van der Waals surface area contributed by atoms with E-state index in [2.05, 4.69) is 25.7 Å². The van der Waals surface area contributed by atoms with Gasteiger partial charge in [-0.15, -0.1) is 0 Å². The Balaban J connectivity index is 2.62. The second-order valence-electron chi connectivity index (χ2n) is 4.95. The van der Waals surface area contributed by atoms with Gasteiger partial charge in [0.1, 0.15) is 0 Å². The molecule has 15 heavy (non-hydrogen) atoms. The third-order valence-corrected chi connectivity index (χ3v) is 4.43. The standard InChI is InChI=1S/C13H28N2/c1-4-12-7-9-13(11-14,10-8-12)15(5-2)6-3/h12H,4-11,14H2,1-3H3. The molecule has 0 spiro atoms. The quantitative estimate of drug-likeness (QED) is 0.759. The number of nitrogens with zero attached hydrogens (tertiary/aromatic N) is 1. The number of hydrogen-bond donors (Lipinski definition) is 1. The molecule has 0 aromatic heterocycles. The Bertz CT molecular complexity index is 167. The zero-order valence-electron chi connectivity index (χ0n) is 10.8. The molecule has 0 radical (unpaired) electrons. The van der Waals surface area contributed by atoms with Crippen LogP contribution in [0.25, 0.3) is 0 Å². The van der Waals surface area contributed by atoms with E-state index in [4.69, 9.17) is 5.73 Å². The van der Waals surface area contributed by atoms with E-state index in [0.29, 0.717) is 5.54 Å². The molecule has 2 heteroatoms. The Labute approximate surface area is 95.2 Å². The fraction of sp³-hybridized carbons (Fsp3) is 1.00. The molecule has 0 saturated heterocycles. The fourth-order valence-electron chi connectivity index (χ4n) is 3.17. The maximum Gasteiger partial charge on any atom is 0.0331 e.